The number of hydrogen-bond donors (Lipinski definition) is 1. The van der Waals surface area contributed by atoms with E-state index in [9.17, 15) is 0 Å². The summed E-state index contributed by atoms with van der Waals surface area (Å²) < 4.78 is 5.99. The fourth-order valence-electron chi connectivity index (χ4n) is 2.17. The van der Waals surface area contributed by atoms with Crippen LogP contribution in [0.4, 0.5) is 5.69 Å². The standard InChI is InChI=1S/C17H16N2O/c1-11-6-7-13(10-12(11)2)20-16-8-9-19-17-14(16)4-3-5-15(17)18/h3-10H,18H2,1-2H3. The molecule has 0 amide bonds. The molecule has 3 rings (SSSR count). The quantitative estimate of drug-likeness (QED) is 0.705. The van der Waals surface area contributed by atoms with Crippen molar-refractivity contribution in [2.75, 3.05) is 5.73 Å². The number of para-hydroxylation sites is 1. The van der Waals surface area contributed by atoms with E-state index in [0.717, 1.165) is 22.4 Å². The average molecular weight is 264 g/mol. The molecule has 3 heteroatoms. The highest BCUT2D eigenvalue weighted by Gasteiger charge is 2.07. The van der Waals surface area contributed by atoms with E-state index >= 15 is 0 Å². The number of hydrogen-bond acceptors (Lipinski definition) is 3. The molecule has 3 aromatic rings. The van der Waals surface area contributed by atoms with E-state index in [-0.39, 0.29) is 0 Å². The van der Waals surface area contributed by atoms with E-state index in [1.807, 2.05) is 36.4 Å². The van der Waals surface area contributed by atoms with E-state index in [4.69, 9.17) is 10.5 Å². The molecule has 1 aromatic heterocycles. The van der Waals surface area contributed by atoms with Crippen LogP contribution in [-0.2, 0) is 0 Å². The lowest BCUT2D eigenvalue weighted by Gasteiger charge is -2.10. The number of anilines is 1. The smallest absolute Gasteiger partial charge is 0.138 e. The highest BCUT2D eigenvalue weighted by molar-refractivity contribution is 5.93. The Hall–Kier alpha value is -2.55. The number of nitrogens with zero attached hydrogens (tertiary/aromatic N) is 1. The van der Waals surface area contributed by atoms with Crippen LogP contribution in [0.5, 0.6) is 11.5 Å². The molecule has 0 atom stereocenters. The Kier molecular flexibility index (Phi) is 3.03. The Bertz CT molecular complexity index is 781. The van der Waals surface area contributed by atoms with Crippen molar-refractivity contribution in [2.24, 2.45) is 0 Å². The molecule has 0 aliphatic heterocycles. The summed E-state index contributed by atoms with van der Waals surface area (Å²) in [7, 11) is 0. The molecular weight excluding hydrogens is 248 g/mol. The second-order valence-corrected chi connectivity index (χ2v) is 4.90. The largest absolute Gasteiger partial charge is 0.457 e. The van der Waals surface area contributed by atoms with Crippen LogP contribution in [0.2, 0.25) is 0 Å². The summed E-state index contributed by atoms with van der Waals surface area (Å²) in [4.78, 5) is 4.31. The minimum absolute atomic E-state index is 0.660. The number of fused-ring (bicyclic) bond motifs is 1. The molecule has 100 valence electrons. The summed E-state index contributed by atoms with van der Waals surface area (Å²) in [6.45, 7) is 4.16. The number of ether oxygens (including phenoxy) is 1. The van der Waals surface area contributed by atoms with Crippen molar-refractivity contribution in [1.82, 2.24) is 4.98 Å². The molecular formula is C17H16N2O. The van der Waals surface area contributed by atoms with Crippen LogP contribution in [0.25, 0.3) is 10.9 Å². The van der Waals surface area contributed by atoms with E-state index in [1.54, 1.807) is 6.20 Å². The maximum absolute atomic E-state index is 5.99. The van der Waals surface area contributed by atoms with Crippen molar-refractivity contribution < 1.29 is 4.74 Å². The number of rotatable bonds is 2. The highest BCUT2D eigenvalue weighted by atomic mass is 16.5. The molecule has 20 heavy (non-hydrogen) atoms. The molecule has 0 bridgehead atoms. The molecule has 1 heterocycles. The van der Waals surface area contributed by atoms with Gasteiger partial charge in [-0.1, -0.05) is 12.1 Å². The lowest BCUT2D eigenvalue weighted by molar-refractivity contribution is 0.487. The van der Waals surface area contributed by atoms with Gasteiger partial charge in [0.15, 0.2) is 0 Å². The van der Waals surface area contributed by atoms with Crippen LogP contribution < -0.4 is 10.5 Å². The van der Waals surface area contributed by atoms with Gasteiger partial charge < -0.3 is 10.5 Å². The van der Waals surface area contributed by atoms with Gasteiger partial charge in [-0.25, -0.2) is 0 Å². The van der Waals surface area contributed by atoms with Crippen LogP contribution >= 0.6 is 0 Å². The SMILES string of the molecule is Cc1ccc(Oc2ccnc3c(N)cccc23)cc1C. The van der Waals surface area contributed by atoms with E-state index in [2.05, 4.69) is 24.9 Å². The first-order chi connectivity index (χ1) is 9.65. The molecule has 0 saturated heterocycles. The van der Waals surface area contributed by atoms with Crippen molar-refractivity contribution in [2.45, 2.75) is 13.8 Å². The monoisotopic (exact) mass is 264 g/mol. The molecule has 0 fully saturated rings. The highest BCUT2D eigenvalue weighted by Crippen LogP contribution is 2.31. The lowest BCUT2D eigenvalue weighted by Crippen LogP contribution is -1.92. The zero-order valence-electron chi connectivity index (χ0n) is 11.6. The Balaban J connectivity index is 2.06. The fraction of sp³-hybridized carbons (Fsp3) is 0.118. The number of aryl methyl sites for hydroxylation is 2. The van der Waals surface area contributed by atoms with E-state index < -0.39 is 0 Å². The van der Waals surface area contributed by atoms with Crippen molar-refractivity contribution in [3.63, 3.8) is 0 Å². The summed E-state index contributed by atoms with van der Waals surface area (Å²) in [6.07, 6.45) is 1.72. The van der Waals surface area contributed by atoms with Crippen LogP contribution in [0, 0.1) is 13.8 Å². The van der Waals surface area contributed by atoms with Crippen LogP contribution in [0.1, 0.15) is 11.1 Å². The number of aromatic nitrogens is 1. The van der Waals surface area contributed by atoms with Crippen molar-refractivity contribution in [3.05, 3.63) is 59.8 Å². The van der Waals surface area contributed by atoms with Gasteiger partial charge in [-0.3, -0.25) is 4.98 Å². The van der Waals surface area contributed by atoms with Crippen LogP contribution in [0.15, 0.2) is 48.7 Å². The van der Waals surface area contributed by atoms with Crippen LogP contribution in [0.3, 0.4) is 0 Å². The van der Waals surface area contributed by atoms with Gasteiger partial charge in [0, 0.05) is 11.6 Å². The van der Waals surface area contributed by atoms with Gasteiger partial charge in [-0.15, -0.1) is 0 Å². The first-order valence-corrected chi connectivity index (χ1v) is 6.53. The third-order valence-corrected chi connectivity index (χ3v) is 3.47. The zero-order chi connectivity index (χ0) is 14.1. The van der Waals surface area contributed by atoms with Gasteiger partial charge in [-0.05, 0) is 55.3 Å². The molecule has 0 radical (unpaired) electrons. The zero-order valence-corrected chi connectivity index (χ0v) is 11.6. The molecule has 2 aromatic carbocycles. The normalized spacial score (nSPS) is 10.7. The van der Waals surface area contributed by atoms with E-state index in [0.29, 0.717) is 5.69 Å². The van der Waals surface area contributed by atoms with Crippen molar-refractivity contribution >= 4 is 16.6 Å². The number of nitrogen functional groups attached to an aromatic ring is 1. The van der Waals surface area contributed by atoms with Gasteiger partial charge >= 0.3 is 0 Å². The first-order valence-electron chi connectivity index (χ1n) is 6.53. The van der Waals surface area contributed by atoms with Gasteiger partial charge in [0.25, 0.3) is 0 Å². The third kappa shape index (κ3) is 2.18. The molecule has 2 N–H and O–H groups in total. The summed E-state index contributed by atoms with van der Waals surface area (Å²) in [5, 5.41) is 0.922. The Morgan fingerprint density at radius 3 is 2.65 bits per heavy atom. The van der Waals surface area contributed by atoms with Gasteiger partial charge in [0.2, 0.25) is 0 Å². The van der Waals surface area contributed by atoms with Crippen LogP contribution in [-0.4, -0.2) is 4.98 Å². The molecule has 3 nitrogen and oxygen atoms in total. The van der Waals surface area contributed by atoms with E-state index in [1.165, 1.54) is 11.1 Å². The van der Waals surface area contributed by atoms with Gasteiger partial charge in [-0.2, -0.15) is 0 Å². The average Bonchev–Trinajstić information content (AvgIpc) is 2.44. The number of nitrogens with two attached hydrogens (primary N) is 1. The molecule has 0 spiro atoms. The molecule has 0 aliphatic carbocycles. The summed E-state index contributed by atoms with van der Waals surface area (Å²) in [5.74, 6) is 1.59. The van der Waals surface area contributed by atoms with Crippen molar-refractivity contribution in [1.29, 1.82) is 0 Å². The second kappa shape index (κ2) is 4.85. The summed E-state index contributed by atoms with van der Waals surface area (Å²) in [5.41, 5.74) is 9.84. The maximum atomic E-state index is 5.99. The summed E-state index contributed by atoms with van der Waals surface area (Å²) in [6, 6.07) is 13.6. The fourth-order valence-corrected chi connectivity index (χ4v) is 2.17. The Morgan fingerprint density at radius 2 is 1.85 bits per heavy atom. The molecule has 0 saturated carbocycles. The topological polar surface area (TPSA) is 48.1 Å². The molecule has 0 unspecified atom stereocenters. The summed E-state index contributed by atoms with van der Waals surface area (Å²) >= 11 is 0. The molecule has 0 aliphatic rings. The lowest BCUT2D eigenvalue weighted by atomic mass is 10.1. The number of pyridine rings is 1. The Morgan fingerprint density at radius 1 is 1.00 bits per heavy atom. The predicted octanol–water partition coefficient (Wildman–Crippen LogP) is 4.23. The minimum atomic E-state index is 0.660. The maximum Gasteiger partial charge on any atom is 0.138 e. The Labute approximate surface area is 118 Å². The predicted molar refractivity (Wildman–Crippen MR) is 82.1 cm³/mol. The first kappa shape index (κ1) is 12.5. The second-order valence-electron chi connectivity index (χ2n) is 4.90. The van der Waals surface area contributed by atoms with Gasteiger partial charge in [0.05, 0.1) is 11.2 Å². The minimum Gasteiger partial charge on any atom is -0.457 e. The number of benzene rings is 2. The van der Waals surface area contributed by atoms with Gasteiger partial charge in [0.1, 0.15) is 11.5 Å². The van der Waals surface area contributed by atoms with Crippen molar-refractivity contribution in [3.8, 4) is 11.5 Å². The third-order valence-electron chi connectivity index (χ3n) is 3.47.